The molecule has 5 heteroatoms. The van der Waals surface area contributed by atoms with Crippen molar-refractivity contribution < 1.29 is 13.3 Å². The van der Waals surface area contributed by atoms with Crippen molar-refractivity contribution in [2.24, 2.45) is 0 Å². The van der Waals surface area contributed by atoms with E-state index in [0.29, 0.717) is 0 Å². The van der Waals surface area contributed by atoms with Gasteiger partial charge in [-0.3, -0.25) is 0 Å². The third-order valence-electron chi connectivity index (χ3n) is 1.97. The number of nitrogens with zero attached hydrogens (tertiary/aromatic N) is 1. The highest BCUT2D eigenvalue weighted by Crippen LogP contribution is 2.35. The average Bonchev–Trinajstić information content (AvgIpc) is 2.67. The number of aromatic nitrogens is 1. The van der Waals surface area contributed by atoms with Crippen LogP contribution in [0.2, 0.25) is 0 Å². The summed E-state index contributed by atoms with van der Waals surface area (Å²) < 4.78 is 31.9. The number of nitrogen functional groups attached to an aromatic ring is 1. The lowest BCUT2D eigenvalue weighted by Gasteiger charge is -2.12. The smallest absolute Gasteiger partial charge is 0.332 e. The van der Waals surface area contributed by atoms with E-state index in [2.05, 4.69) is 9.68 Å². The molecule has 1 heterocycles. The molecule has 0 aliphatic heterocycles. The third-order valence-corrected chi connectivity index (χ3v) is 1.97. The van der Waals surface area contributed by atoms with E-state index in [0.717, 1.165) is 6.07 Å². The largest absolute Gasteiger partial charge is 0.381 e. The number of benzene rings is 1. The van der Waals surface area contributed by atoms with Crippen molar-refractivity contribution in [3.05, 3.63) is 47.7 Å². The van der Waals surface area contributed by atoms with Crippen molar-refractivity contribution in [2.75, 3.05) is 5.73 Å². The first-order valence-corrected chi connectivity index (χ1v) is 4.26. The first-order valence-electron chi connectivity index (χ1n) is 4.26. The van der Waals surface area contributed by atoms with Gasteiger partial charge in [0.2, 0.25) is 5.76 Å². The molecule has 1 aromatic heterocycles. The molecule has 2 N–H and O–H groups in total. The van der Waals surface area contributed by atoms with Gasteiger partial charge in [-0.25, -0.2) is 0 Å². The quantitative estimate of drug-likeness (QED) is 0.827. The van der Waals surface area contributed by atoms with E-state index in [-0.39, 0.29) is 11.4 Å². The minimum absolute atomic E-state index is 0.0550. The molecule has 78 valence electrons. The lowest BCUT2D eigenvalue weighted by molar-refractivity contribution is 0.0131. The molecule has 2 aromatic rings. The Labute approximate surface area is 84.5 Å². The maximum atomic E-state index is 13.7. The number of hydrogen-bond acceptors (Lipinski definition) is 3. The van der Waals surface area contributed by atoms with Gasteiger partial charge in [-0.05, 0) is 0 Å². The van der Waals surface area contributed by atoms with Crippen LogP contribution in [0.3, 0.4) is 0 Å². The Hall–Kier alpha value is -1.91. The minimum atomic E-state index is -3.20. The molecule has 0 unspecified atom stereocenters. The first kappa shape index (κ1) is 9.64. The van der Waals surface area contributed by atoms with Crippen LogP contribution in [0.25, 0.3) is 0 Å². The van der Waals surface area contributed by atoms with Crippen molar-refractivity contribution in [3.8, 4) is 0 Å². The van der Waals surface area contributed by atoms with Crippen LogP contribution in [0.4, 0.5) is 14.6 Å². The summed E-state index contributed by atoms with van der Waals surface area (Å²) in [6, 6.07) is 8.38. The molecule has 2 rings (SSSR count). The molecule has 0 saturated carbocycles. The summed E-state index contributed by atoms with van der Waals surface area (Å²) in [6.07, 6.45) is 0. The number of anilines is 1. The van der Waals surface area contributed by atoms with Crippen molar-refractivity contribution >= 4 is 5.82 Å². The van der Waals surface area contributed by atoms with Gasteiger partial charge in [0, 0.05) is 11.6 Å². The van der Waals surface area contributed by atoms with Gasteiger partial charge < -0.3 is 10.3 Å². The summed E-state index contributed by atoms with van der Waals surface area (Å²) in [5, 5.41) is 3.23. The van der Waals surface area contributed by atoms with E-state index >= 15 is 0 Å². The number of hydrogen-bond donors (Lipinski definition) is 1. The Morgan fingerprint density at radius 1 is 1.20 bits per heavy atom. The highest BCUT2D eigenvalue weighted by molar-refractivity contribution is 5.34. The Morgan fingerprint density at radius 3 is 2.40 bits per heavy atom. The van der Waals surface area contributed by atoms with Gasteiger partial charge in [0.1, 0.15) is 0 Å². The van der Waals surface area contributed by atoms with Gasteiger partial charge in [-0.15, -0.1) is 0 Å². The average molecular weight is 210 g/mol. The topological polar surface area (TPSA) is 52.0 Å². The molecule has 0 amide bonds. The number of rotatable bonds is 2. The lowest BCUT2D eigenvalue weighted by atomic mass is 10.1. The van der Waals surface area contributed by atoms with Gasteiger partial charge in [0.15, 0.2) is 5.82 Å². The van der Waals surface area contributed by atoms with Gasteiger partial charge in [0.25, 0.3) is 0 Å². The summed E-state index contributed by atoms with van der Waals surface area (Å²) in [4.78, 5) is 0. The fourth-order valence-electron chi connectivity index (χ4n) is 1.23. The second kappa shape index (κ2) is 3.34. The second-order valence-corrected chi connectivity index (χ2v) is 3.06. The summed E-state index contributed by atoms with van der Waals surface area (Å²) in [6.45, 7) is 0. The monoisotopic (exact) mass is 210 g/mol. The highest BCUT2D eigenvalue weighted by Gasteiger charge is 2.38. The summed E-state index contributed by atoms with van der Waals surface area (Å²) in [7, 11) is 0. The first-order chi connectivity index (χ1) is 7.10. The zero-order chi connectivity index (χ0) is 10.9. The summed E-state index contributed by atoms with van der Waals surface area (Å²) in [5.41, 5.74) is 5.06. The molecule has 0 fully saturated rings. The van der Waals surface area contributed by atoms with E-state index in [9.17, 15) is 8.78 Å². The van der Waals surface area contributed by atoms with Crippen LogP contribution in [0.15, 0.2) is 40.9 Å². The summed E-state index contributed by atoms with van der Waals surface area (Å²) in [5.74, 6) is -3.81. The third kappa shape index (κ3) is 1.68. The molecule has 3 nitrogen and oxygen atoms in total. The molecule has 0 radical (unpaired) electrons. The SMILES string of the molecule is Nc1cc(C(F)(F)c2ccccc2)on1. The second-order valence-electron chi connectivity index (χ2n) is 3.06. The molecule has 0 aliphatic rings. The maximum absolute atomic E-state index is 13.7. The molecule has 0 spiro atoms. The normalized spacial score (nSPS) is 11.6. The maximum Gasteiger partial charge on any atom is 0.332 e. The zero-order valence-corrected chi connectivity index (χ0v) is 7.65. The van der Waals surface area contributed by atoms with Crippen molar-refractivity contribution in [2.45, 2.75) is 5.92 Å². The molecular weight excluding hydrogens is 202 g/mol. The van der Waals surface area contributed by atoms with Crippen molar-refractivity contribution in [3.63, 3.8) is 0 Å². The number of nitrogens with two attached hydrogens (primary N) is 1. The van der Waals surface area contributed by atoms with E-state index < -0.39 is 11.7 Å². The van der Waals surface area contributed by atoms with Crippen LogP contribution in [-0.2, 0) is 5.92 Å². The van der Waals surface area contributed by atoms with E-state index in [4.69, 9.17) is 5.73 Å². The Bertz CT molecular complexity index is 453. The number of halogens is 2. The van der Waals surface area contributed by atoms with Crippen LogP contribution in [0.5, 0.6) is 0 Å². The molecular formula is C10H8F2N2O. The van der Waals surface area contributed by atoms with Crippen LogP contribution >= 0.6 is 0 Å². The van der Waals surface area contributed by atoms with E-state index in [1.807, 2.05) is 0 Å². The fourth-order valence-corrected chi connectivity index (χ4v) is 1.23. The van der Waals surface area contributed by atoms with Crippen LogP contribution in [0, 0.1) is 0 Å². The van der Waals surface area contributed by atoms with Crippen LogP contribution in [-0.4, -0.2) is 5.16 Å². The molecule has 0 aliphatic carbocycles. The number of alkyl halides is 2. The standard InChI is InChI=1S/C10H8F2N2O/c11-10(12,7-4-2-1-3-5-7)8-6-9(13)14-15-8/h1-6H,(H2,13,14). The molecule has 0 bridgehead atoms. The predicted octanol–water partition coefficient (Wildman–Crippen LogP) is 2.40. The van der Waals surface area contributed by atoms with E-state index in [1.54, 1.807) is 6.07 Å². The van der Waals surface area contributed by atoms with Crippen LogP contribution in [0.1, 0.15) is 11.3 Å². The predicted molar refractivity (Wildman–Crippen MR) is 50.4 cm³/mol. The summed E-state index contributed by atoms with van der Waals surface area (Å²) >= 11 is 0. The Kier molecular flexibility index (Phi) is 2.15. The highest BCUT2D eigenvalue weighted by atomic mass is 19.3. The van der Waals surface area contributed by atoms with E-state index in [1.165, 1.54) is 24.3 Å². The lowest BCUT2D eigenvalue weighted by Crippen LogP contribution is -2.13. The van der Waals surface area contributed by atoms with Gasteiger partial charge in [-0.1, -0.05) is 35.5 Å². The molecule has 15 heavy (non-hydrogen) atoms. The van der Waals surface area contributed by atoms with Gasteiger partial charge >= 0.3 is 5.92 Å². The molecule has 0 saturated heterocycles. The van der Waals surface area contributed by atoms with Gasteiger partial charge in [-0.2, -0.15) is 8.78 Å². The van der Waals surface area contributed by atoms with Crippen molar-refractivity contribution in [1.29, 1.82) is 0 Å². The Balaban J connectivity index is 2.43. The fraction of sp³-hybridized carbons (Fsp3) is 0.100. The Morgan fingerprint density at radius 2 is 1.87 bits per heavy atom. The molecule has 1 aromatic carbocycles. The minimum Gasteiger partial charge on any atom is -0.381 e. The van der Waals surface area contributed by atoms with Crippen molar-refractivity contribution in [1.82, 2.24) is 5.16 Å². The van der Waals surface area contributed by atoms with Gasteiger partial charge in [0.05, 0.1) is 0 Å². The van der Waals surface area contributed by atoms with Crippen LogP contribution < -0.4 is 5.73 Å². The molecule has 0 atom stereocenters. The zero-order valence-electron chi connectivity index (χ0n) is 7.65.